The monoisotopic (exact) mass is 250 g/mol. The van der Waals surface area contributed by atoms with Crippen molar-refractivity contribution in [2.75, 3.05) is 7.05 Å². The van der Waals surface area contributed by atoms with Crippen LogP contribution in [0.2, 0.25) is 0 Å². The number of halogens is 1. The molecular formula is C14H19FN2O. The number of fused-ring (bicyclic) bond motifs is 2. The quantitative estimate of drug-likeness (QED) is 0.828. The molecule has 0 spiro atoms. The van der Waals surface area contributed by atoms with Crippen molar-refractivity contribution in [1.82, 2.24) is 9.88 Å². The third-order valence-electron chi connectivity index (χ3n) is 4.62. The molecule has 3 rings (SSSR count). The van der Waals surface area contributed by atoms with E-state index in [1.807, 2.05) is 0 Å². The van der Waals surface area contributed by atoms with Crippen LogP contribution < -0.4 is 0 Å². The predicted octanol–water partition coefficient (Wildman–Crippen LogP) is 2.05. The van der Waals surface area contributed by atoms with Crippen molar-refractivity contribution in [2.24, 2.45) is 0 Å². The van der Waals surface area contributed by atoms with Crippen LogP contribution in [0.15, 0.2) is 18.5 Å². The first-order valence-corrected chi connectivity index (χ1v) is 6.64. The highest BCUT2D eigenvalue weighted by atomic mass is 19.1. The van der Waals surface area contributed by atoms with E-state index in [4.69, 9.17) is 0 Å². The maximum Gasteiger partial charge on any atom is 0.141 e. The van der Waals surface area contributed by atoms with Crippen LogP contribution in [0.25, 0.3) is 0 Å². The Morgan fingerprint density at radius 3 is 2.61 bits per heavy atom. The first-order valence-electron chi connectivity index (χ1n) is 6.64. The van der Waals surface area contributed by atoms with Gasteiger partial charge in [-0.05, 0) is 38.8 Å². The van der Waals surface area contributed by atoms with Crippen LogP contribution in [0.3, 0.4) is 0 Å². The van der Waals surface area contributed by atoms with E-state index in [1.165, 1.54) is 18.7 Å². The number of hydrogen-bond acceptors (Lipinski definition) is 3. The first kappa shape index (κ1) is 12.1. The Bertz CT molecular complexity index is 437. The van der Waals surface area contributed by atoms with Crippen LogP contribution in [0.1, 0.15) is 37.7 Å². The van der Waals surface area contributed by atoms with Crippen molar-refractivity contribution >= 4 is 0 Å². The third-order valence-corrected chi connectivity index (χ3v) is 4.62. The molecule has 2 fully saturated rings. The van der Waals surface area contributed by atoms with Gasteiger partial charge in [-0.15, -0.1) is 0 Å². The van der Waals surface area contributed by atoms with Gasteiger partial charge in [0.25, 0.3) is 0 Å². The van der Waals surface area contributed by atoms with Crippen molar-refractivity contribution in [1.29, 1.82) is 0 Å². The summed E-state index contributed by atoms with van der Waals surface area (Å²) in [6.45, 7) is 0. The van der Waals surface area contributed by atoms with Crippen LogP contribution in [0, 0.1) is 5.82 Å². The largest absolute Gasteiger partial charge is 0.385 e. The number of aromatic nitrogens is 1. The molecule has 98 valence electrons. The van der Waals surface area contributed by atoms with Crippen LogP contribution in [-0.2, 0) is 5.60 Å². The summed E-state index contributed by atoms with van der Waals surface area (Å²) >= 11 is 0. The Morgan fingerprint density at radius 2 is 2.00 bits per heavy atom. The van der Waals surface area contributed by atoms with Crippen molar-refractivity contribution in [2.45, 2.75) is 49.8 Å². The molecule has 18 heavy (non-hydrogen) atoms. The Kier molecular flexibility index (Phi) is 2.87. The molecule has 0 radical (unpaired) electrons. The summed E-state index contributed by atoms with van der Waals surface area (Å²) < 4.78 is 13.3. The smallest absolute Gasteiger partial charge is 0.141 e. The summed E-state index contributed by atoms with van der Waals surface area (Å²) in [5, 5.41) is 10.9. The zero-order chi connectivity index (χ0) is 12.8. The summed E-state index contributed by atoms with van der Waals surface area (Å²) in [6, 6.07) is 2.24. The lowest BCUT2D eigenvalue weighted by Crippen LogP contribution is -2.55. The zero-order valence-corrected chi connectivity index (χ0v) is 10.6. The van der Waals surface area contributed by atoms with Gasteiger partial charge in [0.05, 0.1) is 11.8 Å². The number of rotatable bonds is 1. The first-order chi connectivity index (χ1) is 8.58. The Morgan fingerprint density at radius 1 is 1.33 bits per heavy atom. The fraction of sp³-hybridized carbons (Fsp3) is 0.643. The average molecular weight is 250 g/mol. The molecule has 0 amide bonds. The number of pyridine rings is 1. The Labute approximate surface area is 107 Å². The van der Waals surface area contributed by atoms with E-state index in [0.29, 0.717) is 30.5 Å². The second-order valence-electron chi connectivity index (χ2n) is 5.74. The Balaban J connectivity index is 1.92. The minimum absolute atomic E-state index is 0.370. The molecule has 2 aliphatic rings. The second-order valence-corrected chi connectivity index (χ2v) is 5.74. The number of nitrogens with zero attached hydrogens (tertiary/aromatic N) is 2. The van der Waals surface area contributed by atoms with Gasteiger partial charge < -0.3 is 10.0 Å². The summed E-state index contributed by atoms with van der Waals surface area (Å²) in [7, 11) is 2.14. The highest BCUT2D eigenvalue weighted by Gasteiger charge is 2.45. The van der Waals surface area contributed by atoms with Gasteiger partial charge in [-0.25, -0.2) is 4.39 Å². The SMILES string of the molecule is CN1C2CCCC1CC(O)(c1cncc(F)c1)C2. The van der Waals surface area contributed by atoms with Crippen molar-refractivity contribution in [3.8, 4) is 0 Å². The average Bonchev–Trinajstić information content (AvgIpc) is 2.31. The number of hydrogen-bond donors (Lipinski definition) is 1. The molecule has 0 saturated carbocycles. The van der Waals surface area contributed by atoms with Gasteiger partial charge in [0.2, 0.25) is 0 Å². The predicted molar refractivity (Wildman–Crippen MR) is 66.5 cm³/mol. The van der Waals surface area contributed by atoms with E-state index in [9.17, 15) is 9.50 Å². The molecule has 4 heteroatoms. The maximum atomic E-state index is 13.3. The van der Waals surface area contributed by atoms with Gasteiger partial charge in [-0.2, -0.15) is 0 Å². The van der Waals surface area contributed by atoms with Crippen molar-refractivity contribution in [3.05, 3.63) is 29.8 Å². The van der Waals surface area contributed by atoms with Gasteiger partial charge in [0.15, 0.2) is 0 Å². The molecule has 2 aliphatic heterocycles. The number of aliphatic hydroxyl groups is 1. The number of piperidine rings is 2. The molecular weight excluding hydrogens is 231 g/mol. The normalized spacial score (nSPS) is 36.6. The lowest BCUT2D eigenvalue weighted by Gasteiger charge is -2.50. The molecule has 1 N–H and O–H groups in total. The van der Waals surface area contributed by atoms with Crippen LogP contribution in [0.4, 0.5) is 4.39 Å². The molecule has 1 aromatic rings. The summed E-state index contributed by atoms with van der Waals surface area (Å²) in [5.41, 5.74) is -0.273. The molecule has 1 aromatic heterocycles. The maximum absolute atomic E-state index is 13.3. The van der Waals surface area contributed by atoms with Gasteiger partial charge in [-0.1, -0.05) is 6.42 Å². The van der Waals surface area contributed by atoms with Gasteiger partial charge in [0, 0.05) is 23.8 Å². The van der Waals surface area contributed by atoms with E-state index >= 15 is 0 Å². The van der Waals surface area contributed by atoms with Crippen molar-refractivity contribution in [3.63, 3.8) is 0 Å². The Hall–Kier alpha value is -1.00. The fourth-order valence-corrected chi connectivity index (χ4v) is 3.55. The van der Waals surface area contributed by atoms with Gasteiger partial charge in [-0.3, -0.25) is 4.98 Å². The molecule has 2 bridgehead atoms. The molecule has 3 nitrogen and oxygen atoms in total. The fourth-order valence-electron chi connectivity index (χ4n) is 3.55. The zero-order valence-electron chi connectivity index (χ0n) is 10.6. The van der Waals surface area contributed by atoms with Gasteiger partial charge in [0.1, 0.15) is 5.82 Å². The van der Waals surface area contributed by atoms with E-state index in [1.54, 1.807) is 6.20 Å². The van der Waals surface area contributed by atoms with Crippen LogP contribution in [0.5, 0.6) is 0 Å². The van der Waals surface area contributed by atoms with E-state index < -0.39 is 5.60 Å². The minimum atomic E-state index is -0.905. The van der Waals surface area contributed by atoms with Crippen molar-refractivity contribution < 1.29 is 9.50 Å². The molecule has 2 atom stereocenters. The minimum Gasteiger partial charge on any atom is -0.385 e. The second kappa shape index (κ2) is 4.28. The van der Waals surface area contributed by atoms with E-state index in [0.717, 1.165) is 12.8 Å². The highest BCUT2D eigenvalue weighted by molar-refractivity contribution is 5.21. The topological polar surface area (TPSA) is 36.4 Å². The third kappa shape index (κ3) is 1.93. The standard InChI is InChI=1S/C14H19FN2O/c1-17-12-3-2-4-13(17)7-14(18,6-12)10-5-11(15)9-16-8-10/h5,8-9,12-13,18H,2-4,6-7H2,1H3. The highest BCUT2D eigenvalue weighted by Crippen LogP contribution is 2.43. The van der Waals surface area contributed by atoms with Crippen LogP contribution in [-0.4, -0.2) is 34.1 Å². The van der Waals surface area contributed by atoms with Gasteiger partial charge >= 0.3 is 0 Å². The lowest BCUT2D eigenvalue weighted by atomic mass is 9.73. The van der Waals surface area contributed by atoms with E-state index in [-0.39, 0.29) is 5.82 Å². The molecule has 2 saturated heterocycles. The molecule has 0 aliphatic carbocycles. The van der Waals surface area contributed by atoms with E-state index in [2.05, 4.69) is 16.9 Å². The lowest BCUT2D eigenvalue weighted by molar-refractivity contribution is -0.0877. The summed E-state index contributed by atoms with van der Waals surface area (Å²) in [4.78, 5) is 6.25. The summed E-state index contributed by atoms with van der Waals surface area (Å²) in [6.07, 6.45) is 7.64. The summed E-state index contributed by atoms with van der Waals surface area (Å²) in [5.74, 6) is -0.370. The molecule has 2 unspecified atom stereocenters. The molecule has 0 aromatic carbocycles. The van der Waals surface area contributed by atoms with Crippen LogP contribution >= 0.6 is 0 Å². The molecule has 3 heterocycles.